The molecule has 1 atom stereocenters. The van der Waals surface area contributed by atoms with Gasteiger partial charge in [0.25, 0.3) is 0 Å². The molecule has 0 fully saturated rings. The monoisotopic (exact) mass is 349 g/mol. The van der Waals surface area contributed by atoms with Crippen LogP contribution in [-0.2, 0) is 6.54 Å². The first-order valence-electron chi connectivity index (χ1n) is 9.14. The number of alkyl halides is 1. The Morgan fingerprint density at radius 3 is 2.28 bits per heavy atom. The number of halogens is 1. The molecule has 1 unspecified atom stereocenters. The lowest BCUT2D eigenvalue weighted by molar-refractivity contribution is 0.0909. The number of aliphatic hydroxyl groups excluding tert-OH is 1. The number of hydrogen-bond donors (Lipinski definition) is 1. The minimum atomic E-state index is -0.949. The van der Waals surface area contributed by atoms with Crippen molar-refractivity contribution in [1.29, 1.82) is 0 Å². The van der Waals surface area contributed by atoms with Gasteiger partial charge < -0.3 is 5.11 Å². The van der Waals surface area contributed by atoms with E-state index < -0.39 is 12.8 Å². The molecule has 0 saturated carbocycles. The summed E-state index contributed by atoms with van der Waals surface area (Å²) < 4.78 is 12.6. The molecular weight excluding hydrogens is 313 g/mol. The summed E-state index contributed by atoms with van der Waals surface area (Å²) in [6.45, 7) is 14.5. The van der Waals surface area contributed by atoms with E-state index >= 15 is 0 Å². The van der Waals surface area contributed by atoms with E-state index in [1.54, 1.807) is 6.08 Å². The fraction of sp³-hybridized carbons (Fsp3) is 0.455. The topological polar surface area (TPSA) is 23.5 Å². The molecule has 0 aliphatic rings. The summed E-state index contributed by atoms with van der Waals surface area (Å²) in [5, 5.41) is 9.60. The van der Waals surface area contributed by atoms with Crippen molar-refractivity contribution in [2.24, 2.45) is 0 Å². The predicted molar refractivity (Wildman–Crippen MR) is 109 cm³/mol. The van der Waals surface area contributed by atoms with Crippen LogP contribution in [0.2, 0.25) is 0 Å². The van der Waals surface area contributed by atoms with Gasteiger partial charge in [-0.2, -0.15) is 0 Å². The molecule has 1 rings (SSSR count). The first-order chi connectivity index (χ1) is 12.2. The van der Waals surface area contributed by atoms with Gasteiger partial charge in [0.1, 0.15) is 6.67 Å². The molecule has 0 spiro atoms. The number of aliphatic hydroxyl groups is 1. The number of allylic oxidation sites excluding steroid dienone is 3. The molecule has 0 heterocycles. The zero-order valence-electron chi connectivity index (χ0n) is 16.6. The highest BCUT2D eigenvalue weighted by molar-refractivity contribution is 5.23. The molecule has 0 amide bonds. The maximum Gasteiger partial charge on any atom is 0.117 e. The van der Waals surface area contributed by atoms with Crippen LogP contribution in [0.3, 0.4) is 0 Å². The van der Waals surface area contributed by atoms with Crippen molar-refractivity contribution in [2.75, 3.05) is 19.8 Å². The second-order valence-electron chi connectivity index (χ2n) is 4.92. The second-order valence-corrected chi connectivity index (χ2v) is 4.92. The molecule has 1 N–H and O–H groups in total. The third kappa shape index (κ3) is 13.3. The van der Waals surface area contributed by atoms with E-state index in [2.05, 4.69) is 6.58 Å². The van der Waals surface area contributed by atoms with E-state index in [1.807, 2.05) is 88.1 Å². The predicted octanol–water partition coefficient (Wildman–Crippen LogP) is 5.56. The van der Waals surface area contributed by atoms with Crippen molar-refractivity contribution in [3.63, 3.8) is 0 Å². The van der Waals surface area contributed by atoms with Crippen molar-refractivity contribution >= 4 is 0 Å². The Balaban J connectivity index is 0. The first kappa shape index (κ1) is 25.5. The zero-order chi connectivity index (χ0) is 19.5. The Labute approximate surface area is 154 Å². The smallest absolute Gasteiger partial charge is 0.117 e. The van der Waals surface area contributed by atoms with Gasteiger partial charge in [0.15, 0.2) is 0 Å². The lowest BCUT2D eigenvalue weighted by atomic mass is 10.1. The molecule has 0 aromatic heterocycles. The third-order valence-electron chi connectivity index (χ3n) is 3.12. The van der Waals surface area contributed by atoms with Gasteiger partial charge in [-0.05, 0) is 18.1 Å². The second kappa shape index (κ2) is 18.6. The van der Waals surface area contributed by atoms with Gasteiger partial charge in [0.2, 0.25) is 0 Å². The average molecular weight is 350 g/mol. The number of benzene rings is 1. The highest BCUT2D eigenvalue weighted by Gasteiger charge is 2.13. The van der Waals surface area contributed by atoms with Gasteiger partial charge >= 0.3 is 0 Å². The largest absolute Gasteiger partial charge is 0.389 e. The summed E-state index contributed by atoms with van der Waals surface area (Å²) in [7, 11) is 0. The Morgan fingerprint density at radius 2 is 1.80 bits per heavy atom. The maximum atomic E-state index is 12.6. The Hall–Kier alpha value is -1.71. The van der Waals surface area contributed by atoms with E-state index in [0.29, 0.717) is 19.6 Å². The normalized spacial score (nSPS) is 12.1. The summed E-state index contributed by atoms with van der Waals surface area (Å²) in [5.41, 5.74) is 2.25. The SMILES string of the molecule is C=C/C=C\C(=C/C)CN(Cc1ccccc1)CC(O)CF.CC.CC. The molecule has 3 heteroatoms. The van der Waals surface area contributed by atoms with Crippen molar-refractivity contribution in [1.82, 2.24) is 4.90 Å². The summed E-state index contributed by atoms with van der Waals surface area (Å²) >= 11 is 0. The molecular formula is C22H36FNO. The van der Waals surface area contributed by atoms with Crippen molar-refractivity contribution in [3.05, 3.63) is 72.4 Å². The van der Waals surface area contributed by atoms with Crippen LogP contribution in [0.15, 0.2) is 66.8 Å². The van der Waals surface area contributed by atoms with Crippen LogP contribution in [0.25, 0.3) is 0 Å². The summed E-state index contributed by atoms with van der Waals surface area (Å²) in [6.07, 6.45) is 6.64. The standard InChI is InChI=1S/C18H24FNO.2C2H6/c1-3-5-9-16(4-2)13-20(15-18(21)12-19)14-17-10-7-6-8-11-17;2*1-2/h3-11,18,21H,1,12-15H2,2H3;2*1-2H3/b9-5-,16-4+;;. The molecule has 0 saturated heterocycles. The zero-order valence-corrected chi connectivity index (χ0v) is 16.6. The molecule has 0 aliphatic heterocycles. The molecule has 142 valence electrons. The number of hydrogen-bond acceptors (Lipinski definition) is 2. The molecule has 2 nitrogen and oxygen atoms in total. The van der Waals surface area contributed by atoms with Crippen LogP contribution in [0.4, 0.5) is 4.39 Å². The van der Waals surface area contributed by atoms with Crippen LogP contribution in [0.5, 0.6) is 0 Å². The minimum Gasteiger partial charge on any atom is -0.389 e. The number of rotatable bonds is 9. The molecule has 0 aliphatic carbocycles. The van der Waals surface area contributed by atoms with E-state index in [1.165, 1.54) is 0 Å². The molecule has 0 radical (unpaired) electrons. The highest BCUT2D eigenvalue weighted by Crippen LogP contribution is 2.09. The van der Waals surface area contributed by atoms with E-state index in [0.717, 1.165) is 11.1 Å². The average Bonchev–Trinajstić information content (AvgIpc) is 2.68. The van der Waals surface area contributed by atoms with E-state index in [-0.39, 0.29) is 0 Å². The van der Waals surface area contributed by atoms with Gasteiger partial charge in [-0.15, -0.1) is 0 Å². The van der Waals surface area contributed by atoms with E-state index in [4.69, 9.17) is 0 Å². The van der Waals surface area contributed by atoms with Gasteiger partial charge in [-0.3, -0.25) is 4.90 Å². The fourth-order valence-corrected chi connectivity index (χ4v) is 2.06. The quantitative estimate of drug-likeness (QED) is 0.590. The molecule has 1 aromatic rings. The lowest BCUT2D eigenvalue weighted by Gasteiger charge is -2.24. The van der Waals surface area contributed by atoms with Crippen molar-refractivity contribution in [2.45, 2.75) is 47.3 Å². The van der Waals surface area contributed by atoms with Gasteiger partial charge in [0.05, 0.1) is 6.10 Å². The third-order valence-corrected chi connectivity index (χ3v) is 3.12. The minimum absolute atomic E-state index is 0.310. The summed E-state index contributed by atoms with van der Waals surface area (Å²) in [4.78, 5) is 2.04. The van der Waals surface area contributed by atoms with Gasteiger partial charge in [-0.25, -0.2) is 4.39 Å². The molecule has 0 bridgehead atoms. The van der Waals surface area contributed by atoms with Crippen LogP contribution in [-0.4, -0.2) is 35.9 Å². The number of nitrogens with zero attached hydrogens (tertiary/aromatic N) is 1. The maximum absolute atomic E-state index is 12.6. The summed E-state index contributed by atoms with van der Waals surface area (Å²) in [6, 6.07) is 9.99. The van der Waals surface area contributed by atoms with E-state index in [9.17, 15) is 9.50 Å². The Bertz CT molecular complexity index is 468. The molecule has 1 aromatic carbocycles. The van der Waals surface area contributed by atoms with Crippen LogP contribution >= 0.6 is 0 Å². The van der Waals surface area contributed by atoms with Crippen molar-refractivity contribution < 1.29 is 9.50 Å². The molecule has 25 heavy (non-hydrogen) atoms. The fourth-order valence-electron chi connectivity index (χ4n) is 2.06. The van der Waals surface area contributed by atoms with Crippen LogP contribution in [0.1, 0.15) is 40.2 Å². The highest BCUT2D eigenvalue weighted by atomic mass is 19.1. The first-order valence-corrected chi connectivity index (χ1v) is 9.14. The van der Waals surface area contributed by atoms with Gasteiger partial charge in [-0.1, -0.05) is 88.9 Å². The van der Waals surface area contributed by atoms with Crippen LogP contribution < -0.4 is 0 Å². The lowest BCUT2D eigenvalue weighted by Crippen LogP contribution is -2.34. The Kier molecular flexibility index (Phi) is 19.0. The van der Waals surface area contributed by atoms with Crippen molar-refractivity contribution in [3.8, 4) is 0 Å². The Morgan fingerprint density at radius 1 is 1.20 bits per heavy atom. The van der Waals surface area contributed by atoms with Gasteiger partial charge in [0, 0.05) is 19.6 Å². The van der Waals surface area contributed by atoms with Crippen LogP contribution in [0, 0.1) is 0 Å². The summed E-state index contributed by atoms with van der Waals surface area (Å²) in [5.74, 6) is 0.